The Morgan fingerprint density at radius 1 is 0.733 bits per heavy atom. The lowest BCUT2D eigenvalue weighted by atomic mass is 9.91. The van der Waals surface area contributed by atoms with Crippen molar-refractivity contribution in [2.24, 2.45) is 5.92 Å². The van der Waals surface area contributed by atoms with E-state index >= 15 is 0 Å². The summed E-state index contributed by atoms with van der Waals surface area (Å²) in [6, 6.07) is 18.4. The monoisotopic (exact) mass is 616 g/mol. The highest BCUT2D eigenvalue weighted by Gasteiger charge is 2.39. The van der Waals surface area contributed by atoms with E-state index in [0.717, 1.165) is 24.0 Å². The van der Waals surface area contributed by atoms with Gasteiger partial charge in [-0.05, 0) is 43.2 Å². The molecule has 0 saturated carbocycles. The van der Waals surface area contributed by atoms with Gasteiger partial charge in [-0.15, -0.1) is 0 Å². The fourth-order valence-electron chi connectivity index (χ4n) is 6.71. The van der Waals surface area contributed by atoms with Crippen molar-refractivity contribution in [3.05, 3.63) is 71.8 Å². The van der Waals surface area contributed by atoms with E-state index in [-0.39, 0.29) is 61.8 Å². The number of Topliss-reactive ketones (excluding diaryl/α,β-unsaturated/α-hetero) is 1. The molecule has 0 bridgehead atoms. The summed E-state index contributed by atoms with van der Waals surface area (Å²) < 4.78 is 5.77. The minimum atomic E-state index is -1.05. The molecule has 2 aromatic carbocycles. The minimum Gasteiger partial charge on any atom is -0.452 e. The highest BCUT2D eigenvalue weighted by atomic mass is 16.5. The van der Waals surface area contributed by atoms with Crippen molar-refractivity contribution >= 4 is 29.5 Å². The van der Waals surface area contributed by atoms with Crippen molar-refractivity contribution in [2.45, 2.75) is 76.0 Å². The summed E-state index contributed by atoms with van der Waals surface area (Å²) in [5, 5.41) is 6.16. The van der Waals surface area contributed by atoms with Crippen LogP contribution >= 0.6 is 0 Å². The molecular formula is C35H44N4O6. The van der Waals surface area contributed by atoms with E-state index in [1.807, 2.05) is 65.6 Å². The van der Waals surface area contributed by atoms with E-state index in [9.17, 15) is 24.0 Å². The zero-order valence-electron chi connectivity index (χ0n) is 25.8. The lowest BCUT2D eigenvalue weighted by Gasteiger charge is -2.30. The van der Waals surface area contributed by atoms with Gasteiger partial charge in [-0.3, -0.25) is 24.0 Å². The summed E-state index contributed by atoms with van der Waals surface area (Å²) in [6.07, 6.45) is 2.74. The summed E-state index contributed by atoms with van der Waals surface area (Å²) >= 11 is 0. The van der Waals surface area contributed by atoms with Crippen molar-refractivity contribution in [1.82, 2.24) is 20.4 Å². The molecule has 0 aromatic heterocycles. The zero-order chi connectivity index (χ0) is 31.6. The van der Waals surface area contributed by atoms with Gasteiger partial charge in [-0.1, -0.05) is 60.7 Å². The second-order valence-electron chi connectivity index (χ2n) is 12.3. The molecule has 45 heavy (non-hydrogen) atoms. The Kier molecular flexibility index (Phi) is 11.4. The molecule has 4 unspecified atom stereocenters. The largest absolute Gasteiger partial charge is 0.452 e. The molecule has 0 spiro atoms. The summed E-state index contributed by atoms with van der Waals surface area (Å²) in [5.74, 6) is -1.81. The molecule has 4 atom stereocenters. The van der Waals surface area contributed by atoms with Crippen LogP contribution in [0, 0.1) is 5.92 Å². The number of ketones is 1. The average Bonchev–Trinajstić information content (AvgIpc) is 3.73. The maximum Gasteiger partial charge on any atom is 0.307 e. The van der Waals surface area contributed by atoms with Crippen molar-refractivity contribution in [1.29, 1.82) is 0 Å². The Hall–Kier alpha value is -4.05. The third-order valence-corrected chi connectivity index (χ3v) is 9.05. The first-order chi connectivity index (χ1) is 21.9. The second-order valence-corrected chi connectivity index (χ2v) is 12.3. The Labute approximate surface area is 264 Å². The minimum absolute atomic E-state index is 0.0294. The van der Waals surface area contributed by atoms with Crippen LogP contribution in [-0.4, -0.2) is 90.2 Å². The Morgan fingerprint density at radius 2 is 1.40 bits per heavy atom. The van der Waals surface area contributed by atoms with E-state index in [0.29, 0.717) is 45.4 Å². The van der Waals surface area contributed by atoms with Crippen molar-refractivity contribution in [2.75, 3.05) is 32.7 Å². The smallest absolute Gasteiger partial charge is 0.307 e. The number of hydrogen-bond acceptors (Lipinski definition) is 7. The van der Waals surface area contributed by atoms with Crippen LogP contribution in [0.4, 0.5) is 0 Å². The van der Waals surface area contributed by atoms with Crippen molar-refractivity contribution in [3.63, 3.8) is 0 Å². The standard InChI is InChI=1S/C35H44N4O6/c40-29-15-18-37-33(42)30-14-8-20-39(30)35(44)31(22-26-11-5-2-6-12-26)45-32(41)16-17-36-24-28-13-7-19-38(28)34(43)27(23-29)21-25-9-3-1-4-10-25/h1-6,9-12,27-28,30-31,36H,7-8,13-24H2,(H,37,42). The molecule has 10 heteroatoms. The van der Waals surface area contributed by atoms with Gasteiger partial charge < -0.3 is 25.2 Å². The van der Waals surface area contributed by atoms with Gasteiger partial charge in [-0.25, -0.2) is 0 Å². The lowest BCUT2D eigenvalue weighted by Crippen LogP contribution is -2.51. The SMILES string of the molecule is O=C1CCNC(=O)C2CCCN2C(=O)C(Cc2ccccc2)OC(=O)CCNCC2CCCN2C(=O)C(Cc2ccccc2)C1. The van der Waals surface area contributed by atoms with Crippen molar-refractivity contribution in [3.8, 4) is 0 Å². The van der Waals surface area contributed by atoms with Crippen LogP contribution in [-0.2, 0) is 41.6 Å². The van der Waals surface area contributed by atoms with Crippen LogP contribution in [0.25, 0.3) is 0 Å². The number of carbonyl (C=O) groups is 5. The molecule has 240 valence electrons. The maximum atomic E-state index is 13.9. The van der Waals surface area contributed by atoms with E-state index < -0.39 is 24.0 Å². The third-order valence-electron chi connectivity index (χ3n) is 9.05. The van der Waals surface area contributed by atoms with Gasteiger partial charge in [0, 0.05) is 63.9 Å². The number of esters is 1. The number of nitrogens with one attached hydrogen (secondary N) is 2. The molecule has 3 fully saturated rings. The fourth-order valence-corrected chi connectivity index (χ4v) is 6.71. The van der Waals surface area contributed by atoms with Crippen LogP contribution in [0.15, 0.2) is 60.7 Å². The van der Waals surface area contributed by atoms with Gasteiger partial charge in [0.25, 0.3) is 5.91 Å². The molecule has 0 aliphatic carbocycles. The summed E-state index contributed by atoms with van der Waals surface area (Å²) in [4.78, 5) is 70.4. The number of nitrogens with zero attached hydrogens (tertiary/aromatic N) is 2. The van der Waals surface area contributed by atoms with Crippen LogP contribution in [0.5, 0.6) is 0 Å². The van der Waals surface area contributed by atoms with Crippen LogP contribution in [0.1, 0.15) is 56.1 Å². The highest BCUT2D eigenvalue weighted by Crippen LogP contribution is 2.25. The molecule has 3 aliphatic heterocycles. The first kappa shape index (κ1) is 32.3. The number of cyclic esters (lactones) is 1. The quantitative estimate of drug-likeness (QED) is 0.506. The highest BCUT2D eigenvalue weighted by molar-refractivity contribution is 5.92. The molecule has 10 nitrogen and oxygen atoms in total. The summed E-state index contributed by atoms with van der Waals surface area (Å²) in [6.45, 7) is 2.01. The molecule has 0 radical (unpaired) electrons. The predicted octanol–water partition coefficient (Wildman–Crippen LogP) is 2.44. The summed E-state index contributed by atoms with van der Waals surface area (Å²) in [5.41, 5.74) is 1.85. The number of fused-ring (bicyclic) bond motifs is 2. The first-order valence-electron chi connectivity index (χ1n) is 16.3. The molecule has 2 N–H and O–H groups in total. The van der Waals surface area contributed by atoms with Crippen LogP contribution < -0.4 is 10.6 Å². The molecule has 3 saturated heterocycles. The lowest BCUT2D eigenvalue weighted by molar-refractivity contribution is -0.161. The Morgan fingerprint density at radius 3 is 2.13 bits per heavy atom. The number of carbonyl (C=O) groups excluding carboxylic acids is 5. The number of hydrogen-bond donors (Lipinski definition) is 2. The molecular weight excluding hydrogens is 572 g/mol. The normalized spacial score (nSPS) is 26.2. The predicted molar refractivity (Wildman–Crippen MR) is 168 cm³/mol. The number of ether oxygens (including phenoxy) is 1. The van der Waals surface area contributed by atoms with E-state index in [4.69, 9.17) is 4.74 Å². The van der Waals surface area contributed by atoms with Gasteiger partial charge in [0.15, 0.2) is 6.10 Å². The molecule has 3 heterocycles. The number of amides is 3. The number of benzene rings is 2. The second kappa shape index (κ2) is 15.8. The van der Waals surface area contributed by atoms with Crippen molar-refractivity contribution < 1.29 is 28.7 Å². The van der Waals surface area contributed by atoms with E-state index in [1.165, 1.54) is 4.90 Å². The number of rotatable bonds is 4. The van der Waals surface area contributed by atoms with Gasteiger partial charge in [0.1, 0.15) is 11.8 Å². The van der Waals surface area contributed by atoms with Crippen LogP contribution in [0.3, 0.4) is 0 Å². The first-order valence-corrected chi connectivity index (χ1v) is 16.3. The summed E-state index contributed by atoms with van der Waals surface area (Å²) in [7, 11) is 0. The molecule has 3 aliphatic rings. The van der Waals surface area contributed by atoms with Gasteiger partial charge in [0.2, 0.25) is 11.8 Å². The molecule has 2 aromatic rings. The topological polar surface area (TPSA) is 125 Å². The maximum absolute atomic E-state index is 13.9. The van der Waals surface area contributed by atoms with Crippen LogP contribution in [0.2, 0.25) is 0 Å². The van der Waals surface area contributed by atoms with E-state index in [1.54, 1.807) is 0 Å². The van der Waals surface area contributed by atoms with Gasteiger partial charge in [-0.2, -0.15) is 0 Å². The molecule has 5 rings (SSSR count). The Balaban J connectivity index is 1.33. The fraction of sp³-hybridized carbons (Fsp3) is 0.514. The average molecular weight is 617 g/mol. The van der Waals surface area contributed by atoms with Gasteiger partial charge in [0.05, 0.1) is 6.42 Å². The zero-order valence-corrected chi connectivity index (χ0v) is 25.8. The van der Waals surface area contributed by atoms with E-state index in [2.05, 4.69) is 10.6 Å². The third kappa shape index (κ3) is 8.78. The van der Waals surface area contributed by atoms with Gasteiger partial charge >= 0.3 is 5.97 Å². The molecule has 3 amide bonds. The Bertz CT molecular complexity index is 1340.